The molecule has 0 atom stereocenters. The lowest BCUT2D eigenvalue weighted by molar-refractivity contribution is -0.137. The van der Waals surface area contributed by atoms with Crippen LogP contribution in [0.3, 0.4) is 0 Å². The van der Waals surface area contributed by atoms with Crippen LogP contribution in [-0.4, -0.2) is 6.18 Å². The van der Waals surface area contributed by atoms with Gasteiger partial charge >= 0.3 is 6.18 Å². The van der Waals surface area contributed by atoms with Crippen LogP contribution in [0.5, 0.6) is 0 Å². The minimum Gasteiger partial charge on any atom is -0.344 e. The summed E-state index contributed by atoms with van der Waals surface area (Å²) in [5.41, 5.74) is 0. The van der Waals surface area contributed by atoms with Gasteiger partial charge in [-0.15, -0.1) is 0 Å². The molecular weight excluding hydrogens is 143 g/mol. The molecule has 0 radical (unpaired) electrons. The van der Waals surface area contributed by atoms with E-state index in [1.807, 2.05) is 0 Å². The molecule has 0 rings (SSSR count). The van der Waals surface area contributed by atoms with Crippen molar-refractivity contribution in [2.45, 2.75) is 32.9 Å². The molecule has 3 N–H and O–H groups in total. The summed E-state index contributed by atoms with van der Waals surface area (Å²) < 4.78 is 34.2. The Morgan fingerprint density at radius 1 is 1.20 bits per heavy atom. The molecule has 0 unspecified atom stereocenters. The van der Waals surface area contributed by atoms with Gasteiger partial charge in [0.15, 0.2) is 0 Å². The van der Waals surface area contributed by atoms with Gasteiger partial charge in [-0.1, -0.05) is 13.8 Å². The normalized spacial score (nSPS) is 11.4. The number of hydrogen-bond donors (Lipinski definition) is 1. The second-order valence-corrected chi connectivity index (χ2v) is 2.55. The molecule has 4 heteroatoms. The Bertz CT molecular complexity index is 77.6. The van der Waals surface area contributed by atoms with Crippen molar-refractivity contribution < 1.29 is 13.2 Å². The van der Waals surface area contributed by atoms with Crippen LogP contribution in [0.1, 0.15) is 26.7 Å². The Kier molecular flexibility index (Phi) is 5.65. The summed E-state index contributed by atoms with van der Waals surface area (Å²) in [6.45, 7) is 3.57. The lowest BCUT2D eigenvalue weighted by Gasteiger charge is -2.06. The predicted molar refractivity (Wildman–Crippen MR) is 35.1 cm³/mol. The van der Waals surface area contributed by atoms with E-state index >= 15 is 0 Å². The Hall–Kier alpha value is -0.250. The molecule has 0 spiro atoms. The molecule has 0 bridgehead atoms. The second kappa shape index (κ2) is 4.55. The minimum absolute atomic E-state index is 0. The standard InChI is InChI=1S/C6H11F3.H3N/c1-5(2)3-4-6(7,8)9;/h5H,3-4H2,1-2H3;1H3. The molecule has 0 aromatic carbocycles. The molecule has 10 heavy (non-hydrogen) atoms. The van der Waals surface area contributed by atoms with Gasteiger partial charge in [0.25, 0.3) is 0 Å². The van der Waals surface area contributed by atoms with Gasteiger partial charge in [0.05, 0.1) is 0 Å². The number of hydrogen-bond acceptors (Lipinski definition) is 1. The van der Waals surface area contributed by atoms with Crippen LogP contribution in [0.2, 0.25) is 0 Å². The molecule has 0 heterocycles. The first kappa shape index (κ1) is 12.4. The molecule has 0 fully saturated rings. The van der Waals surface area contributed by atoms with Gasteiger partial charge < -0.3 is 6.15 Å². The van der Waals surface area contributed by atoms with E-state index in [4.69, 9.17) is 0 Å². The van der Waals surface area contributed by atoms with Crippen LogP contribution < -0.4 is 6.15 Å². The van der Waals surface area contributed by atoms with Gasteiger partial charge in [-0.05, 0) is 12.3 Å². The highest BCUT2D eigenvalue weighted by Gasteiger charge is 2.26. The zero-order valence-corrected chi connectivity index (χ0v) is 6.33. The molecule has 0 aliphatic heterocycles. The van der Waals surface area contributed by atoms with Crippen molar-refractivity contribution >= 4 is 0 Å². The van der Waals surface area contributed by atoms with Gasteiger partial charge in [-0.3, -0.25) is 0 Å². The van der Waals surface area contributed by atoms with Crippen molar-refractivity contribution in [2.24, 2.45) is 5.92 Å². The third kappa shape index (κ3) is 10.7. The fourth-order valence-electron chi connectivity index (χ4n) is 0.452. The van der Waals surface area contributed by atoms with Crippen molar-refractivity contribution in [3.8, 4) is 0 Å². The maximum atomic E-state index is 11.4. The largest absolute Gasteiger partial charge is 0.389 e. The SMILES string of the molecule is CC(C)CCC(F)(F)F.N. The number of rotatable bonds is 2. The summed E-state index contributed by atoms with van der Waals surface area (Å²) in [6.07, 6.45) is -4.38. The lowest BCUT2D eigenvalue weighted by atomic mass is 10.1. The topological polar surface area (TPSA) is 35.0 Å². The van der Waals surface area contributed by atoms with E-state index in [-0.39, 0.29) is 18.5 Å². The zero-order valence-electron chi connectivity index (χ0n) is 6.33. The third-order valence-electron chi connectivity index (χ3n) is 1.01. The zero-order chi connectivity index (χ0) is 7.49. The van der Waals surface area contributed by atoms with Crippen molar-refractivity contribution in [1.29, 1.82) is 0 Å². The van der Waals surface area contributed by atoms with Crippen LogP contribution >= 0.6 is 0 Å². The molecule has 0 saturated carbocycles. The number of alkyl halides is 3. The first-order valence-electron chi connectivity index (χ1n) is 2.98. The molecule has 0 aromatic heterocycles. The molecule has 0 aliphatic carbocycles. The van der Waals surface area contributed by atoms with Gasteiger partial charge in [0.1, 0.15) is 0 Å². The Labute approximate surface area is 59.2 Å². The number of halogens is 3. The molecular formula is C6H14F3N. The highest BCUT2D eigenvalue weighted by atomic mass is 19.4. The molecule has 0 aromatic rings. The fourth-order valence-corrected chi connectivity index (χ4v) is 0.452. The molecule has 0 aliphatic rings. The summed E-state index contributed by atoms with van der Waals surface area (Å²) in [6, 6.07) is 0. The highest BCUT2D eigenvalue weighted by molar-refractivity contribution is 4.52. The van der Waals surface area contributed by atoms with Gasteiger partial charge in [-0.2, -0.15) is 13.2 Å². The van der Waals surface area contributed by atoms with Crippen molar-refractivity contribution in [3.05, 3.63) is 0 Å². The van der Waals surface area contributed by atoms with Crippen molar-refractivity contribution in [3.63, 3.8) is 0 Å². The van der Waals surface area contributed by atoms with Crippen molar-refractivity contribution in [1.82, 2.24) is 6.15 Å². The molecule has 64 valence electrons. The smallest absolute Gasteiger partial charge is 0.344 e. The van der Waals surface area contributed by atoms with E-state index in [2.05, 4.69) is 0 Å². The van der Waals surface area contributed by atoms with E-state index in [9.17, 15) is 13.2 Å². The van der Waals surface area contributed by atoms with Crippen LogP contribution in [0.15, 0.2) is 0 Å². The predicted octanol–water partition coefficient (Wildman–Crippen LogP) is 3.15. The molecule has 1 nitrogen and oxygen atoms in total. The van der Waals surface area contributed by atoms with E-state index < -0.39 is 12.6 Å². The van der Waals surface area contributed by atoms with E-state index in [0.717, 1.165) is 0 Å². The summed E-state index contributed by atoms with van der Waals surface area (Å²) in [7, 11) is 0. The summed E-state index contributed by atoms with van der Waals surface area (Å²) in [4.78, 5) is 0. The Morgan fingerprint density at radius 3 is 1.70 bits per heavy atom. The van der Waals surface area contributed by atoms with Crippen LogP contribution in [0, 0.1) is 5.92 Å². The van der Waals surface area contributed by atoms with E-state index in [0.29, 0.717) is 0 Å². The van der Waals surface area contributed by atoms with E-state index in [1.165, 1.54) is 0 Å². The monoisotopic (exact) mass is 157 g/mol. The maximum Gasteiger partial charge on any atom is 0.389 e. The van der Waals surface area contributed by atoms with E-state index in [1.54, 1.807) is 13.8 Å². The van der Waals surface area contributed by atoms with Crippen LogP contribution in [-0.2, 0) is 0 Å². The molecule has 0 amide bonds. The summed E-state index contributed by atoms with van der Waals surface area (Å²) in [5.74, 6) is 0.145. The minimum atomic E-state index is -3.97. The van der Waals surface area contributed by atoms with Crippen molar-refractivity contribution in [2.75, 3.05) is 0 Å². The first-order chi connectivity index (χ1) is 3.92. The summed E-state index contributed by atoms with van der Waals surface area (Å²) >= 11 is 0. The van der Waals surface area contributed by atoms with Crippen LogP contribution in [0.25, 0.3) is 0 Å². The van der Waals surface area contributed by atoms with Gasteiger partial charge in [0.2, 0.25) is 0 Å². The summed E-state index contributed by atoms with van der Waals surface area (Å²) in [5, 5.41) is 0. The lowest BCUT2D eigenvalue weighted by Crippen LogP contribution is -2.08. The fraction of sp³-hybridized carbons (Fsp3) is 1.00. The third-order valence-corrected chi connectivity index (χ3v) is 1.01. The van der Waals surface area contributed by atoms with Gasteiger partial charge in [-0.25, -0.2) is 0 Å². The average molecular weight is 157 g/mol. The highest BCUT2D eigenvalue weighted by Crippen LogP contribution is 2.23. The second-order valence-electron chi connectivity index (χ2n) is 2.55. The Morgan fingerprint density at radius 2 is 1.60 bits per heavy atom. The Balaban J connectivity index is 0. The maximum absolute atomic E-state index is 11.4. The quantitative estimate of drug-likeness (QED) is 0.656. The van der Waals surface area contributed by atoms with Gasteiger partial charge in [0, 0.05) is 6.42 Å². The molecule has 0 saturated heterocycles. The van der Waals surface area contributed by atoms with Crippen LogP contribution in [0.4, 0.5) is 13.2 Å². The average Bonchev–Trinajstić information content (AvgIpc) is 1.59. The first-order valence-corrected chi connectivity index (χ1v) is 2.98.